The molecular formula is C78H57N3. The normalized spacial score (nSPS) is 11.7. The molecule has 0 spiro atoms. The lowest BCUT2D eigenvalue weighted by molar-refractivity contribution is 1.23. The lowest BCUT2D eigenvalue weighted by Gasteiger charge is -2.30. The summed E-state index contributed by atoms with van der Waals surface area (Å²) in [5.74, 6) is 0. The molecule has 2 heterocycles. The first-order valence-electron chi connectivity index (χ1n) is 28.1. The minimum absolute atomic E-state index is 1.11. The summed E-state index contributed by atoms with van der Waals surface area (Å²) < 4.78 is 2.55. The molecule has 0 saturated heterocycles. The van der Waals surface area contributed by atoms with Crippen molar-refractivity contribution in [3.05, 3.63) is 295 Å². The van der Waals surface area contributed by atoms with Gasteiger partial charge in [-0.3, -0.25) is 0 Å². The Morgan fingerprint density at radius 1 is 0.235 bits per heavy atom. The average Bonchev–Trinajstić information content (AvgIpc) is 3.96. The number of nitrogens with zero attached hydrogens (tertiary/aromatic N) is 3. The minimum Gasteiger partial charge on any atom is -0.310 e. The van der Waals surface area contributed by atoms with E-state index in [2.05, 4.69) is 315 Å². The molecule has 0 atom stereocenters. The monoisotopic (exact) mass is 1040 g/mol. The molecular weight excluding hydrogens is 979 g/mol. The predicted molar refractivity (Wildman–Crippen MR) is 346 cm³/mol. The molecule has 13 aromatic carbocycles. The highest BCUT2D eigenvalue weighted by Gasteiger charge is 2.24. The van der Waals surface area contributed by atoms with Crippen molar-refractivity contribution >= 4 is 93.8 Å². The second-order valence-electron chi connectivity index (χ2n) is 22.0. The molecule has 3 nitrogen and oxygen atoms in total. The quantitative estimate of drug-likeness (QED) is 0.135. The maximum absolute atomic E-state index is 2.55. The second-order valence-corrected chi connectivity index (χ2v) is 22.0. The van der Waals surface area contributed by atoms with E-state index in [4.69, 9.17) is 0 Å². The van der Waals surface area contributed by atoms with Crippen molar-refractivity contribution in [3.63, 3.8) is 0 Å². The summed E-state index contributed by atoms with van der Waals surface area (Å²) in [5, 5.41) is 9.85. The van der Waals surface area contributed by atoms with Crippen LogP contribution in [0.2, 0.25) is 0 Å². The lowest BCUT2D eigenvalue weighted by atomic mass is 9.98. The average molecular weight is 1040 g/mol. The largest absolute Gasteiger partial charge is 0.310 e. The number of aromatic nitrogens is 1. The number of benzene rings is 13. The summed E-state index contributed by atoms with van der Waals surface area (Å²) in [7, 11) is 0. The number of hydrogen-bond donors (Lipinski definition) is 0. The molecule has 81 heavy (non-hydrogen) atoms. The molecule has 0 aliphatic rings. The maximum atomic E-state index is 2.55. The summed E-state index contributed by atoms with van der Waals surface area (Å²) >= 11 is 0. The van der Waals surface area contributed by atoms with Gasteiger partial charge in [0.05, 0.1) is 16.6 Å². The predicted octanol–water partition coefficient (Wildman–Crippen LogP) is 22.0. The van der Waals surface area contributed by atoms with Gasteiger partial charge in [-0.25, -0.2) is 0 Å². The van der Waals surface area contributed by atoms with E-state index in [-0.39, 0.29) is 0 Å². The Hall–Kier alpha value is -10.2. The van der Waals surface area contributed by atoms with E-state index in [0.29, 0.717) is 0 Å². The first-order chi connectivity index (χ1) is 39.8. The van der Waals surface area contributed by atoms with Gasteiger partial charge in [-0.1, -0.05) is 200 Å². The third kappa shape index (κ3) is 8.20. The SMILES string of the molecule is Cc1ccc(-c2ccccc2)cc1N(c1ccc2cc3c4cccc5c6cc7ccc(N(c8cc(-c9ccccc9)ccc8C)c8cc(-c9ccccc9)ccc8C)cc7cc6n(c3cc2c1)c45)c1cc(-c2ccccc2)ccc1C. The van der Waals surface area contributed by atoms with E-state index in [1.165, 1.54) is 126 Å². The molecule has 0 N–H and O–H groups in total. The van der Waals surface area contributed by atoms with Crippen molar-refractivity contribution in [1.29, 1.82) is 0 Å². The van der Waals surface area contributed by atoms with E-state index in [0.717, 1.165) is 34.1 Å². The van der Waals surface area contributed by atoms with Crippen LogP contribution in [-0.4, -0.2) is 4.40 Å². The number of anilines is 6. The third-order valence-corrected chi connectivity index (χ3v) is 16.9. The summed E-state index contributed by atoms with van der Waals surface area (Å²) in [6.07, 6.45) is 0. The van der Waals surface area contributed by atoms with E-state index in [9.17, 15) is 0 Å². The standard InChI is InChI=1S/C78H57N3/c1-50-28-32-60(54-18-9-5-10-19-54)44-72(50)79(73-45-61(33-29-51(73)2)55-20-11-6-12-21-55)66-38-36-58-42-70-68-26-17-27-69-71-43-59-37-39-67(41-65(59)49-77(71)81(78(68)69)76(70)48-64(58)40-66)80(74-46-62(34-30-52(74)3)56-22-13-7-14-23-56)75-47-63(35-31-53(75)4)57-24-15-8-16-25-57/h5-49H,1-4H3. The molecule has 0 aliphatic carbocycles. The molecule has 0 aliphatic heterocycles. The number of aryl methyl sites for hydroxylation is 4. The van der Waals surface area contributed by atoms with Crippen molar-refractivity contribution < 1.29 is 0 Å². The fourth-order valence-electron chi connectivity index (χ4n) is 12.7. The number of rotatable bonds is 10. The van der Waals surface area contributed by atoms with Crippen LogP contribution in [0.15, 0.2) is 273 Å². The zero-order valence-electron chi connectivity index (χ0n) is 45.8. The Morgan fingerprint density at radius 2 is 0.556 bits per heavy atom. The summed E-state index contributed by atoms with van der Waals surface area (Å²) in [6.45, 7) is 8.95. The van der Waals surface area contributed by atoms with Crippen molar-refractivity contribution in [2.75, 3.05) is 9.80 Å². The molecule has 0 unspecified atom stereocenters. The molecule has 3 heteroatoms. The number of hydrogen-bond acceptors (Lipinski definition) is 2. The van der Waals surface area contributed by atoms with Crippen LogP contribution in [0.1, 0.15) is 22.3 Å². The zero-order chi connectivity index (χ0) is 54.3. The first kappa shape index (κ1) is 47.9. The van der Waals surface area contributed by atoms with Gasteiger partial charge in [-0.05, 0) is 189 Å². The van der Waals surface area contributed by atoms with Crippen molar-refractivity contribution in [2.24, 2.45) is 0 Å². The molecule has 384 valence electrons. The van der Waals surface area contributed by atoms with Crippen LogP contribution >= 0.6 is 0 Å². The van der Waals surface area contributed by atoms with Crippen molar-refractivity contribution in [2.45, 2.75) is 27.7 Å². The fraction of sp³-hybridized carbons (Fsp3) is 0.0513. The van der Waals surface area contributed by atoms with Crippen LogP contribution in [0.5, 0.6) is 0 Å². The van der Waals surface area contributed by atoms with Gasteiger partial charge in [0.25, 0.3) is 0 Å². The van der Waals surface area contributed by atoms with Gasteiger partial charge in [0.15, 0.2) is 0 Å². The first-order valence-corrected chi connectivity index (χ1v) is 28.1. The summed E-state index contributed by atoms with van der Waals surface area (Å²) in [6, 6.07) is 101. The van der Waals surface area contributed by atoms with Crippen LogP contribution in [-0.2, 0) is 0 Å². The third-order valence-electron chi connectivity index (χ3n) is 16.9. The Bertz CT molecular complexity index is 4420. The van der Waals surface area contributed by atoms with Gasteiger partial charge >= 0.3 is 0 Å². The van der Waals surface area contributed by atoms with Crippen LogP contribution in [0.4, 0.5) is 34.1 Å². The highest BCUT2D eigenvalue weighted by atomic mass is 15.2. The molecule has 0 amide bonds. The van der Waals surface area contributed by atoms with Gasteiger partial charge in [-0.2, -0.15) is 0 Å². The second kappa shape index (κ2) is 19.3. The van der Waals surface area contributed by atoms with E-state index < -0.39 is 0 Å². The zero-order valence-corrected chi connectivity index (χ0v) is 45.8. The summed E-state index contributed by atoms with van der Waals surface area (Å²) in [4.78, 5) is 4.97. The smallest absolute Gasteiger partial charge is 0.0620 e. The minimum atomic E-state index is 1.11. The highest BCUT2D eigenvalue weighted by Crippen LogP contribution is 2.47. The number of para-hydroxylation sites is 1. The molecule has 0 bridgehead atoms. The summed E-state index contributed by atoms with van der Waals surface area (Å²) in [5.41, 5.74) is 24.8. The lowest BCUT2D eigenvalue weighted by Crippen LogP contribution is -2.13. The topological polar surface area (TPSA) is 10.9 Å². The van der Waals surface area contributed by atoms with E-state index >= 15 is 0 Å². The maximum Gasteiger partial charge on any atom is 0.0620 e. The molecule has 0 saturated carbocycles. The van der Waals surface area contributed by atoms with E-state index in [1.807, 2.05) is 0 Å². The van der Waals surface area contributed by atoms with Crippen LogP contribution in [0.3, 0.4) is 0 Å². The van der Waals surface area contributed by atoms with Gasteiger partial charge in [0, 0.05) is 55.7 Å². The Labute approximate surface area is 472 Å². The van der Waals surface area contributed by atoms with Crippen LogP contribution in [0, 0.1) is 27.7 Å². The molecule has 2 aromatic heterocycles. The fourth-order valence-corrected chi connectivity index (χ4v) is 12.7. The van der Waals surface area contributed by atoms with Crippen LogP contribution in [0.25, 0.3) is 104 Å². The van der Waals surface area contributed by atoms with Gasteiger partial charge in [0.2, 0.25) is 0 Å². The van der Waals surface area contributed by atoms with Crippen LogP contribution < -0.4 is 9.80 Å². The highest BCUT2D eigenvalue weighted by molar-refractivity contribution is 6.26. The van der Waals surface area contributed by atoms with Gasteiger partial charge in [-0.15, -0.1) is 0 Å². The van der Waals surface area contributed by atoms with Crippen molar-refractivity contribution in [3.8, 4) is 44.5 Å². The Kier molecular flexibility index (Phi) is 11.4. The molecule has 0 radical (unpaired) electrons. The molecule has 15 aromatic rings. The Balaban J connectivity index is 0.923. The molecule has 0 fully saturated rings. The van der Waals surface area contributed by atoms with E-state index in [1.54, 1.807) is 0 Å². The van der Waals surface area contributed by atoms with Gasteiger partial charge < -0.3 is 14.2 Å². The number of fused-ring (bicyclic) bond motifs is 8. The van der Waals surface area contributed by atoms with Gasteiger partial charge in [0.1, 0.15) is 0 Å². The van der Waals surface area contributed by atoms with Crippen molar-refractivity contribution in [1.82, 2.24) is 4.40 Å². The Morgan fingerprint density at radius 3 is 0.877 bits per heavy atom. The molecule has 15 rings (SSSR count).